The first-order valence-electron chi connectivity index (χ1n) is 10.9. The van der Waals surface area contributed by atoms with E-state index in [9.17, 15) is 37.5 Å². The average molecular weight is 588 g/mol. The van der Waals surface area contributed by atoms with Crippen molar-refractivity contribution in [1.82, 2.24) is 24.7 Å². The van der Waals surface area contributed by atoms with E-state index in [1.165, 1.54) is 16.7 Å². The molecule has 4 atom stereocenters. The molecule has 3 fully saturated rings. The number of benzene rings is 1. The SMILES string of the molecule is CC1(C)S[C@@H]2[C@H](NC(=O)C(NC(=O)N3CCN(S(C)(=O)=O)C3=O)c3ccccc3)C(=O)N2[C@H]1C(=O)O.[NaH].[NaH]. The van der Waals surface area contributed by atoms with Crippen LogP contribution in [0.1, 0.15) is 25.5 Å². The quantitative estimate of drug-likeness (QED) is 0.264. The summed E-state index contributed by atoms with van der Waals surface area (Å²) < 4.78 is 23.3. The van der Waals surface area contributed by atoms with Gasteiger partial charge in [-0.1, -0.05) is 30.3 Å². The molecular weight excluding hydrogens is 560 g/mol. The molecule has 1 aromatic rings. The zero-order valence-electron chi connectivity index (χ0n) is 19.6. The summed E-state index contributed by atoms with van der Waals surface area (Å²) in [5.74, 6) is -2.42. The zero-order chi connectivity index (χ0) is 26.6. The van der Waals surface area contributed by atoms with Gasteiger partial charge in [0, 0.05) is 4.75 Å². The van der Waals surface area contributed by atoms with Crippen molar-refractivity contribution >= 4 is 111 Å². The fourth-order valence-electron chi connectivity index (χ4n) is 4.54. The molecule has 3 saturated heterocycles. The summed E-state index contributed by atoms with van der Waals surface area (Å²) in [7, 11) is -3.87. The second-order valence-corrected chi connectivity index (χ2v) is 12.8. The number of hydrogen-bond acceptors (Lipinski definition) is 8. The van der Waals surface area contributed by atoms with Gasteiger partial charge in [0.15, 0.2) is 0 Å². The van der Waals surface area contributed by atoms with Crippen LogP contribution in [0.2, 0.25) is 0 Å². The Kier molecular flexibility index (Phi) is 10.4. The van der Waals surface area contributed by atoms with Gasteiger partial charge >= 0.3 is 77.1 Å². The second-order valence-electron chi connectivity index (χ2n) is 9.15. The molecule has 0 aromatic heterocycles. The molecule has 0 saturated carbocycles. The number of carbonyl (C=O) groups is 5. The van der Waals surface area contributed by atoms with Gasteiger partial charge in [-0.25, -0.2) is 32.0 Å². The molecule has 3 aliphatic heterocycles. The summed E-state index contributed by atoms with van der Waals surface area (Å²) in [5.41, 5.74) is 0.362. The Balaban J connectivity index is 0.00000253. The molecule has 13 nitrogen and oxygen atoms in total. The van der Waals surface area contributed by atoms with Gasteiger partial charge in [0.05, 0.1) is 19.3 Å². The number of nitrogens with one attached hydrogen (secondary N) is 2. The summed E-state index contributed by atoms with van der Waals surface area (Å²) in [6.45, 7) is 3.02. The Morgan fingerprint density at radius 3 is 2.24 bits per heavy atom. The number of nitrogens with zero attached hydrogens (tertiary/aromatic N) is 3. The maximum absolute atomic E-state index is 13.3. The van der Waals surface area contributed by atoms with E-state index in [2.05, 4.69) is 10.6 Å². The fourth-order valence-corrected chi connectivity index (χ4v) is 6.96. The van der Waals surface area contributed by atoms with Gasteiger partial charge in [-0.05, 0) is 19.4 Å². The van der Waals surface area contributed by atoms with Crippen molar-refractivity contribution in [1.29, 1.82) is 0 Å². The van der Waals surface area contributed by atoms with E-state index in [0.29, 0.717) is 14.8 Å². The van der Waals surface area contributed by atoms with Gasteiger partial charge in [-0.3, -0.25) is 9.59 Å². The molecule has 6 amide bonds. The molecule has 1 unspecified atom stereocenters. The van der Waals surface area contributed by atoms with Crippen LogP contribution in [0.25, 0.3) is 0 Å². The third-order valence-electron chi connectivity index (χ3n) is 6.25. The zero-order valence-corrected chi connectivity index (χ0v) is 21.2. The van der Waals surface area contributed by atoms with Crippen LogP contribution in [0, 0.1) is 0 Å². The van der Waals surface area contributed by atoms with Gasteiger partial charge in [0.2, 0.25) is 21.8 Å². The van der Waals surface area contributed by atoms with Crippen molar-refractivity contribution in [3.8, 4) is 0 Å². The Hall–Kier alpha value is -1.33. The van der Waals surface area contributed by atoms with Crippen LogP contribution in [-0.2, 0) is 24.4 Å². The van der Waals surface area contributed by atoms with Crippen LogP contribution < -0.4 is 10.6 Å². The number of thioether (sulfide) groups is 1. The molecule has 0 radical (unpaired) electrons. The van der Waals surface area contributed by atoms with Gasteiger partial charge < -0.3 is 20.6 Å². The Morgan fingerprint density at radius 1 is 1.11 bits per heavy atom. The first-order valence-corrected chi connectivity index (χ1v) is 13.6. The number of amides is 6. The molecule has 0 bridgehead atoms. The Bertz CT molecular complexity index is 1250. The predicted octanol–water partition coefficient (Wildman–Crippen LogP) is -1.53. The van der Waals surface area contributed by atoms with Crippen molar-refractivity contribution in [3.63, 3.8) is 0 Å². The van der Waals surface area contributed by atoms with Crippen LogP contribution in [0.5, 0.6) is 0 Å². The number of carboxylic acid groups (broad SMARTS) is 1. The second kappa shape index (κ2) is 12.0. The van der Waals surface area contributed by atoms with E-state index >= 15 is 0 Å². The summed E-state index contributed by atoms with van der Waals surface area (Å²) in [5, 5.41) is 14.0. The summed E-state index contributed by atoms with van der Waals surface area (Å²) in [4.78, 5) is 65.0. The molecule has 0 aliphatic carbocycles. The van der Waals surface area contributed by atoms with Crippen molar-refractivity contribution in [3.05, 3.63) is 35.9 Å². The predicted molar refractivity (Wildman–Crippen MR) is 141 cm³/mol. The Morgan fingerprint density at radius 2 is 1.71 bits per heavy atom. The third kappa shape index (κ3) is 6.04. The van der Waals surface area contributed by atoms with Gasteiger partial charge in [-0.2, -0.15) is 0 Å². The molecule has 3 aliphatic rings. The summed E-state index contributed by atoms with van der Waals surface area (Å²) in [6, 6.07) is 2.76. The van der Waals surface area contributed by atoms with Crippen molar-refractivity contribution in [2.45, 2.75) is 42.1 Å². The number of fused-ring (bicyclic) bond motifs is 1. The molecule has 4 rings (SSSR count). The number of carbonyl (C=O) groups excluding carboxylic acids is 4. The average Bonchev–Trinajstić information content (AvgIpc) is 3.31. The first kappa shape index (κ1) is 32.9. The van der Waals surface area contributed by atoms with Crippen molar-refractivity contribution in [2.75, 3.05) is 19.3 Å². The van der Waals surface area contributed by atoms with E-state index in [4.69, 9.17) is 0 Å². The fraction of sp³-hybridized carbons (Fsp3) is 0.476. The molecular formula is C21H27N5Na2O8S2. The number of β-lactam (4-membered cyclic amide) rings is 1. The number of imide groups is 1. The minimum absolute atomic E-state index is 0. The van der Waals surface area contributed by atoms with Crippen LogP contribution >= 0.6 is 11.8 Å². The van der Waals surface area contributed by atoms with Crippen molar-refractivity contribution in [2.24, 2.45) is 0 Å². The van der Waals surface area contributed by atoms with E-state index in [1.807, 2.05) is 0 Å². The maximum atomic E-state index is 13.3. The normalized spacial score (nSPS) is 24.4. The molecule has 198 valence electrons. The summed E-state index contributed by atoms with van der Waals surface area (Å²) in [6.07, 6.45) is 0.850. The van der Waals surface area contributed by atoms with Crippen LogP contribution in [0.3, 0.4) is 0 Å². The third-order valence-corrected chi connectivity index (χ3v) is 8.96. The minimum atomic E-state index is -3.87. The van der Waals surface area contributed by atoms with Crippen molar-refractivity contribution < 1.29 is 37.5 Å². The number of aliphatic carboxylic acids is 1. The molecule has 3 heterocycles. The van der Waals surface area contributed by atoms with Gasteiger partial charge in [0.25, 0.3) is 0 Å². The molecule has 38 heavy (non-hydrogen) atoms. The number of rotatable bonds is 6. The van der Waals surface area contributed by atoms with E-state index in [-0.39, 0.29) is 72.2 Å². The van der Waals surface area contributed by atoms with Gasteiger partial charge in [-0.15, -0.1) is 11.8 Å². The molecule has 3 N–H and O–H groups in total. The molecule has 1 aromatic carbocycles. The van der Waals surface area contributed by atoms with Crippen LogP contribution in [-0.4, -0.2) is 158 Å². The monoisotopic (exact) mass is 587 g/mol. The number of urea groups is 2. The Labute approximate surface area is 268 Å². The van der Waals surface area contributed by atoms with Crippen LogP contribution in [0.15, 0.2) is 30.3 Å². The summed E-state index contributed by atoms with van der Waals surface area (Å²) >= 11 is 1.26. The van der Waals surface area contributed by atoms with E-state index in [1.54, 1.807) is 44.2 Å². The topological polar surface area (TPSA) is 173 Å². The molecule has 17 heteroatoms. The standard InChI is InChI=1S/C21H25N5O8S2.2Na.2H/c1-21(2)14(18(29)30)26-16(28)13(17(26)35-21)22-15(27)12(11-7-5-4-6-8-11)23-19(31)24-9-10-25(20(24)32)36(3,33)34;;;;/h4-8,12-14,17H,9-10H2,1-3H3,(H,22,27)(H,23,31)(H,29,30);;;;/t12?,13-,14+,17-;;;;/m1..../s1. The first-order chi connectivity index (χ1) is 16.7. The van der Waals surface area contributed by atoms with E-state index in [0.717, 1.165) is 6.26 Å². The molecule has 0 spiro atoms. The number of carboxylic acids is 1. The van der Waals surface area contributed by atoms with Crippen LogP contribution in [0.4, 0.5) is 9.59 Å². The van der Waals surface area contributed by atoms with Gasteiger partial charge in [0.1, 0.15) is 23.5 Å². The number of hydrogen-bond donors (Lipinski definition) is 3. The van der Waals surface area contributed by atoms with E-state index < -0.39 is 68.1 Å². The number of sulfonamides is 1.